The van der Waals surface area contributed by atoms with Crippen molar-refractivity contribution in [2.75, 3.05) is 12.8 Å². The topological polar surface area (TPSA) is 74.3 Å². The van der Waals surface area contributed by atoms with Gasteiger partial charge in [0.05, 0.1) is 24.0 Å². The molecule has 1 aromatic heterocycles. The van der Waals surface area contributed by atoms with Gasteiger partial charge in [0.25, 0.3) is 5.56 Å². The highest BCUT2D eigenvalue weighted by Gasteiger charge is 2.22. The molecule has 5 nitrogen and oxygen atoms in total. The van der Waals surface area contributed by atoms with Crippen LogP contribution in [-0.2, 0) is 4.74 Å². The summed E-state index contributed by atoms with van der Waals surface area (Å²) in [6, 6.07) is 10.5. The van der Waals surface area contributed by atoms with E-state index in [9.17, 15) is 9.59 Å². The minimum atomic E-state index is -0.771. The summed E-state index contributed by atoms with van der Waals surface area (Å²) in [6.07, 6.45) is 0. The maximum atomic E-state index is 13.1. The number of pyridine rings is 1. The highest BCUT2D eigenvalue weighted by Crippen LogP contribution is 2.29. The molecule has 0 atom stereocenters. The van der Waals surface area contributed by atoms with Gasteiger partial charge in [-0.25, -0.2) is 4.79 Å². The van der Waals surface area contributed by atoms with Gasteiger partial charge in [-0.15, -0.1) is 0 Å². The number of carbonyl (C=O) groups excluding carboxylic acids is 1. The van der Waals surface area contributed by atoms with E-state index in [1.807, 2.05) is 6.92 Å². The molecule has 0 unspecified atom stereocenters. The standard InChI is InChI=1S/C18H14BrClN2O3/c1-9-7-11(20)4-6-13(9)22-14-8-10(19)3-5-12(14)16(21)15(17(22)23)18(24)25-2/h3-8H,21H2,1-2H3. The van der Waals surface area contributed by atoms with Crippen LogP contribution in [0.1, 0.15) is 15.9 Å². The molecular formula is C18H14BrClN2O3. The van der Waals surface area contributed by atoms with Gasteiger partial charge in [-0.1, -0.05) is 27.5 Å². The van der Waals surface area contributed by atoms with Gasteiger partial charge in [-0.05, 0) is 48.9 Å². The number of esters is 1. The van der Waals surface area contributed by atoms with E-state index in [0.717, 1.165) is 10.0 Å². The maximum Gasteiger partial charge on any atom is 0.345 e. The van der Waals surface area contributed by atoms with Crippen LogP contribution in [0.2, 0.25) is 5.02 Å². The summed E-state index contributed by atoms with van der Waals surface area (Å²) in [7, 11) is 1.21. The Balaban J connectivity index is 2.54. The van der Waals surface area contributed by atoms with Gasteiger partial charge in [0, 0.05) is 14.9 Å². The molecule has 0 spiro atoms. The number of anilines is 1. The molecule has 2 N–H and O–H groups in total. The zero-order valence-electron chi connectivity index (χ0n) is 13.5. The Morgan fingerprint density at radius 1 is 1.24 bits per heavy atom. The maximum absolute atomic E-state index is 13.1. The van der Waals surface area contributed by atoms with Crippen molar-refractivity contribution >= 4 is 50.1 Å². The number of ether oxygens (including phenoxy) is 1. The molecule has 3 rings (SSSR count). The highest BCUT2D eigenvalue weighted by molar-refractivity contribution is 9.10. The van der Waals surface area contributed by atoms with Crippen LogP contribution in [0.25, 0.3) is 16.6 Å². The Hall–Kier alpha value is -2.31. The summed E-state index contributed by atoms with van der Waals surface area (Å²) in [4.78, 5) is 25.2. The molecule has 128 valence electrons. The molecule has 25 heavy (non-hydrogen) atoms. The van der Waals surface area contributed by atoms with E-state index in [-0.39, 0.29) is 11.3 Å². The van der Waals surface area contributed by atoms with Crippen LogP contribution in [0.3, 0.4) is 0 Å². The number of aryl methyl sites for hydroxylation is 1. The van der Waals surface area contributed by atoms with Gasteiger partial charge in [0.15, 0.2) is 0 Å². The lowest BCUT2D eigenvalue weighted by Crippen LogP contribution is -2.28. The van der Waals surface area contributed by atoms with Crippen LogP contribution in [-0.4, -0.2) is 17.6 Å². The number of nitrogen functional groups attached to an aromatic ring is 1. The third kappa shape index (κ3) is 2.92. The molecule has 0 fully saturated rings. The van der Waals surface area contributed by atoms with Gasteiger partial charge in [-0.2, -0.15) is 0 Å². The fourth-order valence-corrected chi connectivity index (χ4v) is 3.37. The summed E-state index contributed by atoms with van der Waals surface area (Å²) in [5.41, 5.74) is 7.46. The molecule has 0 saturated heterocycles. The van der Waals surface area contributed by atoms with Crippen LogP contribution in [0, 0.1) is 6.92 Å². The van der Waals surface area contributed by atoms with Crippen molar-refractivity contribution in [3.05, 3.63) is 67.4 Å². The number of methoxy groups -OCH3 is 1. The number of rotatable bonds is 2. The fourth-order valence-electron chi connectivity index (χ4n) is 2.80. The number of fused-ring (bicyclic) bond motifs is 1. The van der Waals surface area contributed by atoms with Crippen molar-refractivity contribution in [3.63, 3.8) is 0 Å². The van der Waals surface area contributed by atoms with Gasteiger partial charge >= 0.3 is 5.97 Å². The Morgan fingerprint density at radius 3 is 2.60 bits per heavy atom. The first-order valence-corrected chi connectivity index (χ1v) is 8.51. The van der Waals surface area contributed by atoms with Crippen molar-refractivity contribution in [1.82, 2.24) is 4.57 Å². The molecule has 0 saturated carbocycles. The number of carbonyl (C=O) groups is 1. The quantitative estimate of drug-likeness (QED) is 0.633. The lowest BCUT2D eigenvalue weighted by Gasteiger charge is -2.17. The molecule has 0 aliphatic rings. The van der Waals surface area contributed by atoms with E-state index in [0.29, 0.717) is 21.6 Å². The zero-order chi connectivity index (χ0) is 18.3. The molecular weight excluding hydrogens is 408 g/mol. The second kappa shape index (κ2) is 6.54. The predicted octanol–water partition coefficient (Wildman–Crippen LogP) is 4.08. The average Bonchev–Trinajstić information content (AvgIpc) is 2.56. The molecule has 3 aromatic rings. The van der Waals surface area contributed by atoms with Crippen molar-refractivity contribution in [1.29, 1.82) is 0 Å². The first-order valence-electron chi connectivity index (χ1n) is 7.33. The first kappa shape index (κ1) is 17.5. The second-order valence-corrected chi connectivity index (χ2v) is 6.87. The molecule has 2 aromatic carbocycles. The van der Waals surface area contributed by atoms with Crippen molar-refractivity contribution in [2.24, 2.45) is 0 Å². The predicted molar refractivity (Wildman–Crippen MR) is 103 cm³/mol. The Kier molecular flexibility index (Phi) is 4.58. The van der Waals surface area contributed by atoms with E-state index in [1.165, 1.54) is 11.7 Å². The minimum absolute atomic E-state index is 0.0993. The van der Waals surface area contributed by atoms with E-state index < -0.39 is 11.5 Å². The smallest absolute Gasteiger partial charge is 0.345 e. The summed E-state index contributed by atoms with van der Waals surface area (Å²) in [5, 5.41) is 1.14. The van der Waals surface area contributed by atoms with E-state index in [2.05, 4.69) is 15.9 Å². The Labute approximate surface area is 157 Å². The lowest BCUT2D eigenvalue weighted by atomic mass is 10.1. The van der Waals surface area contributed by atoms with Crippen molar-refractivity contribution < 1.29 is 9.53 Å². The molecule has 0 aliphatic heterocycles. The number of nitrogens with zero attached hydrogens (tertiary/aromatic N) is 1. The van der Waals surface area contributed by atoms with Gasteiger partial charge in [0.2, 0.25) is 0 Å². The first-order chi connectivity index (χ1) is 11.8. The summed E-state index contributed by atoms with van der Waals surface area (Å²) in [6.45, 7) is 1.84. The van der Waals surface area contributed by atoms with E-state index in [1.54, 1.807) is 36.4 Å². The largest absolute Gasteiger partial charge is 0.465 e. The van der Waals surface area contributed by atoms with Crippen LogP contribution in [0.15, 0.2) is 45.7 Å². The van der Waals surface area contributed by atoms with Crippen LogP contribution < -0.4 is 11.3 Å². The second-order valence-electron chi connectivity index (χ2n) is 5.51. The van der Waals surface area contributed by atoms with Gasteiger partial charge < -0.3 is 10.5 Å². The Bertz CT molecular complexity index is 1080. The van der Waals surface area contributed by atoms with E-state index in [4.69, 9.17) is 22.1 Å². The molecule has 0 bridgehead atoms. The normalized spacial score (nSPS) is 10.9. The van der Waals surface area contributed by atoms with Crippen molar-refractivity contribution in [2.45, 2.75) is 6.92 Å². The summed E-state index contributed by atoms with van der Waals surface area (Å²) in [5.74, 6) is -0.771. The molecule has 0 amide bonds. The molecule has 0 radical (unpaired) electrons. The fraction of sp³-hybridized carbons (Fsp3) is 0.111. The third-order valence-electron chi connectivity index (χ3n) is 3.97. The average molecular weight is 422 g/mol. The third-order valence-corrected chi connectivity index (χ3v) is 4.69. The highest BCUT2D eigenvalue weighted by atomic mass is 79.9. The van der Waals surface area contributed by atoms with Gasteiger partial charge in [0.1, 0.15) is 5.56 Å². The number of aromatic nitrogens is 1. The number of hydrogen-bond donors (Lipinski definition) is 1. The molecule has 1 heterocycles. The number of nitrogens with two attached hydrogens (primary N) is 1. The number of hydrogen-bond acceptors (Lipinski definition) is 4. The summed E-state index contributed by atoms with van der Waals surface area (Å²) >= 11 is 9.44. The Morgan fingerprint density at radius 2 is 1.96 bits per heavy atom. The SMILES string of the molecule is COC(=O)c1c(N)c2ccc(Br)cc2n(-c2ccc(Cl)cc2C)c1=O. The molecule has 0 aliphatic carbocycles. The minimum Gasteiger partial charge on any atom is -0.465 e. The van der Waals surface area contributed by atoms with E-state index >= 15 is 0 Å². The summed E-state index contributed by atoms with van der Waals surface area (Å²) < 4.78 is 6.98. The lowest BCUT2D eigenvalue weighted by molar-refractivity contribution is 0.0600. The molecule has 7 heteroatoms. The van der Waals surface area contributed by atoms with Gasteiger partial charge in [-0.3, -0.25) is 9.36 Å². The van der Waals surface area contributed by atoms with Crippen molar-refractivity contribution in [3.8, 4) is 5.69 Å². The number of benzene rings is 2. The monoisotopic (exact) mass is 420 g/mol. The van der Waals surface area contributed by atoms with Crippen LogP contribution in [0.5, 0.6) is 0 Å². The zero-order valence-corrected chi connectivity index (χ0v) is 15.8. The number of halogens is 2. The van der Waals surface area contributed by atoms with Crippen LogP contribution in [0.4, 0.5) is 5.69 Å². The van der Waals surface area contributed by atoms with Crippen LogP contribution >= 0.6 is 27.5 Å².